The number of ether oxygens (including phenoxy) is 1. The summed E-state index contributed by atoms with van der Waals surface area (Å²) in [4.78, 5) is 24.9. The minimum absolute atomic E-state index is 0.0398. The molecule has 0 aliphatic carbocycles. The van der Waals surface area contributed by atoms with Crippen molar-refractivity contribution in [2.45, 2.75) is 0 Å². The molecule has 2 aromatic rings. The number of hydrogen-bond acceptors (Lipinski definition) is 6. The lowest BCUT2D eigenvalue weighted by Gasteiger charge is -2.14. The number of nitro benzene ring substituents is 1. The molecule has 1 heterocycles. The van der Waals surface area contributed by atoms with E-state index in [1.165, 1.54) is 17.0 Å². The zero-order valence-corrected chi connectivity index (χ0v) is 15.7. The van der Waals surface area contributed by atoms with Crippen LogP contribution in [0.4, 0.5) is 11.4 Å². The van der Waals surface area contributed by atoms with Gasteiger partial charge in [0.15, 0.2) is 4.32 Å². The summed E-state index contributed by atoms with van der Waals surface area (Å²) in [5, 5.41) is 11.0. The van der Waals surface area contributed by atoms with Crippen LogP contribution in [0, 0.1) is 10.1 Å². The number of rotatable bonds is 4. The average Bonchev–Trinajstić information content (AvgIpc) is 2.90. The molecule has 3 rings (SSSR count). The second-order valence-electron chi connectivity index (χ2n) is 5.18. The van der Waals surface area contributed by atoms with Crippen molar-refractivity contribution in [3.8, 4) is 5.75 Å². The molecular formula is C17H11ClN2O4S2. The highest BCUT2D eigenvalue weighted by atomic mass is 35.5. The molecule has 1 aliphatic rings. The van der Waals surface area contributed by atoms with Crippen LogP contribution in [-0.4, -0.2) is 22.3 Å². The Morgan fingerprint density at radius 1 is 1.27 bits per heavy atom. The molecule has 2 aromatic carbocycles. The number of halogens is 1. The smallest absolute Gasteiger partial charge is 0.288 e. The number of methoxy groups -OCH3 is 1. The van der Waals surface area contributed by atoms with E-state index in [-0.39, 0.29) is 16.6 Å². The lowest BCUT2D eigenvalue weighted by molar-refractivity contribution is -0.384. The Balaban J connectivity index is 1.92. The van der Waals surface area contributed by atoms with Crippen LogP contribution >= 0.6 is 35.6 Å². The van der Waals surface area contributed by atoms with Gasteiger partial charge in [-0.2, -0.15) is 0 Å². The zero-order valence-electron chi connectivity index (χ0n) is 13.3. The van der Waals surface area contributed by atoms with Crippen LogP contribution in [0.5, 0.6) is 5.75 Å². The van der Waals surface area contributed by atoms with Crippen LogP contribution in [0.1, 0.15) is 5.56 Å². The number of thiocarbonyl (C=S) groups is 1. The number of carbonyl (C=O) groups is 1. The van der Waals surface area contributed by atoms with E-state index in [1.54, 1.807) is 43.5 Å². The van der Waals surface area contributed by atoms with E-state index in [4.69, 9.17) is 28.6 Å². The summed E-state index contributed by atoms with van der Waals surface area (Å²) in [6.07, 6.45) is 1.56. The van der Waals surface area contributed by atoms with E-state index >= 15 is 0 Å². The SMILES string of the molecule is COc1ccc(N2C(=O)/C(=C\c3ccc(Cl)c([N+](=O)[O-])c3)SC2=S)cc1. The third-order valence-corrected chi connectivity index (χ3v) is 5.21. The molecule has 0 radical (unpaired) electrons. The van der Waals surface area contributed by atoms with Gasteiger partial charge in [-0.15, -0.1) is 0 Å². The molecule has 0 saturated carbocycles. The number of amides is 1. The highest BCUT2D eigenvalue weighted by molar-refractivity contribution is 8.27. The van der Waals surface area contributed by atoms with Crippen LogP contribution < -0.4 is 9.64 Å². The fourth-order valence-electron chi connectivity index (χ4n) is 2.33. The fourth-order valence-corrected chi connectivity index (χ4v) is 3.82. The Kier molecular flexibility index (Phi) is 5.26. The first-order valence-electron chi connectivity index (χ1n) is 7.26. The first-order valence-corrected chi connectivity index (χ1v) is 8.87. The van der Waals surface area contributed by atoms with E-state index in [1.807, 2.05) is 0 Å². The van der Waals surface area contributed by atoms with Gasteiger partial charge in [0.25, 0.3) is 11.6 Å². The Morgan fingerprint density at radius 2 is 1.96 bits per heavy atom. The molecule has 0 unspecified atom stereocenters. The number of nitro groups is 1. The minimum atomic E-state index is -0.567. The molecule has 6 nitrogen and oxygen atoms in total. The summed E-state index contributed by atoms with van der Waals surface area (Å²) in [6, 6.07) is 11.3. The summed E-state index contributed by atoms with van der Waals surface area (Å²) in [7, 11) is 1.56. The molecular weight excluding hydrogens is 396 g/mol. The second-order valence-corrected chi connectivity index (χ2v) is 7.27. The maximum absolute atomic E-state index is 12.7. The minimum Gasteiger partial charge on any atom is -0.497 e. The standard InChI is InChI=1S/C17H11ClN2O4S2/c1-24-12-5-3-11(4-6-12)19-16(21)15(26-17(19)25)9-10-2-7-13(18)14(8-10)20(22)23/h2-9H,1H3/b15-9+. The van der Waals surface area contributed by atoms with Crippen molar-refractivity contribution in [1.82, 2.24) is 0 Å². The van der Waals surface area contributed by atoms with E-state index in [0.29, 0.717) is 26.2 Å². The third-order valence-electron chi connectivity index (χ3n) is 3.59. The van der Waals surface area contributed by atoms with Crippen LogP contribution in [0.3, 0.4) is 0 Å². The molecule has 9 heteroatoms. The molecule has 1 saturated heterocycles. The van der Waals surface area contributed by atoms with Crippen molar-refractivity contribution in [3.05, 3.63) is 68.1 Å². The first kappa shape index (κ1) is 18.4. The summed E-state index contributed by atoms with van der Waals surface area (Å²) in [5.74, 6) is 0.381. The number of thioether (sulfide) groups is 1. The van der Waals surface area contributed by atoms with E-state index in [0.717, 1.165) is 11.8 Å². The fraction of sp³-hybridized carbons (Fsp3) is 0.0588. The highest BCUT2D eigenvalue weighted by Crippen LogP contribution is 2.37. The molecule has 26 heavy (non-hydrogen) atoms. The molecule has 0 aromatic heterocycles. The largest absolute Gasteiger partial charge is 0.497 e. The van der Waals surface area contributed by atoms with Gasteiger partial charge in [-0.25, -0.2) is 0 Å². The second kappa shape index (κ2) is 7.45. The van der Waals surface area contributed by atoms with Crippen molar-refractivity contribution in [2.75, 3.05) is 12.0 Å². The van der Waals surface area contributed by atoms with Gasteiger partial charge in [0.1, 0.15) is 10.8 Å². The van der Waals surface area contributed by atoms with Gasteiger partial charge in [0, 0.05) is 6.07 Å². The van der Waals surface area contributed by atoms with Gasteiger partial charge >= 0.3 is 0 Å². The van der Waals surface area contributed by atoms with Gasteiger partial charge in [-0.1, -0.05) is 41.6 Å². The van der Waals surface area contributed by atoms with E-state index in [2.05, 4.69) is 0 Å². The van der Waals surface area contributed by atoms with Gasteiger partial charge < -0.3 is 4.74 Å². The maximum atomic E-state index is 12.7. The van der Waals surface area contributed by atoms with Crippen molar-refractivity contribution in [2.24, 2.45) is 0 Å². The molecule has 0 bridgehead atoms. The lowest BCUT2D eigenvalue weighted by atomic mass is 10.2. The molecule has 0 atom stereocenters. The number of anilines is 1. The molecule has 0 N–H and O–H groups in total. The number of benzene rings is 2. The summed E-state index contributed by atoms with van der Waals surface area (Å²) in [6.45, 7) is 0. The Bertz CT molecular complexity index is 944. The number of carbonyl (C=O) groups excluding carboxylic acids is 1. The summed E-state index contributed by atoms with van der Waals surface area (Å²) >= 11 is 12.3. The van der Waals surface area contributed by atoms with Crippen LogP contribution in [-0.2, 0) is 4.79 Å². The summed E-state index contributed by atoms with van der Waals surface area (Å²) in [5.41, 5.74) is 0.904. The van der Waals surface area contributed by atoms with Crippen molar-refractivity contribution >= 4 is 63.3 Å². The number of hydrogen-bond donors (Lipinski definition) is 0. The van der Waals surface area contributed by atoms with Crippen LogP contribution in [0.25, 0.3) is 6.08 Å². The van der Waals surface area contributed by atoms with Gasteiger partial charge in [0.2, 0.25) is 0 Å². The first-order chi connectivity index (χ1) is 12.4. The quantitative estimate of drug-likeness (QED) is 0.318. The normalized spacial score (nSPS) is 15.6. The van der Waals surface area contributed by atoms with Crippen molar-refractivity contribution in [1.29, 1.82) is 0 Å². The summed E-state index contributed by atoms with van der Waals surface area (Å²) < 4.78 is 5.49. The van der Waals surface area contributed by atoms with Gasteiger partial charge in [0.05, 0.1) is 22.6 Å². The van der Waals surface area contributed by atoms with Crippen LogP contribution in [0.15, 0.2) is 47.4 Å². The maximum Gasteiger partial charge on any atom is 0.288 e. The molecule has 132 valence electrons. The van der Waals surface area contributed by atoms with E-state index < -0.39 is 4.92 Å². The van der Waals surface area contributed by atoms with Gasteiger partial charge in [-0.3, -0.25) is 19.8 Å². The molecule has 1 amide bonds. The Labute approximate surface area is 163 Å². The predicted octanol–water partition coefficient (Wildman–Crippen LogP) is 4.66. The predicted molar refractivity (Wildman–Crippen MR) is 107 cm³/mol. The monoisotopic (exact) mass is 406 g/mol. The topological polar surface area (TPSA) is 72.7 Å². The van der Waals surface area contributed by atoms with Crippen molar-refractivity contribution < 1.29 is 14.5 Å². The zero-order chi connectivity index (χ0) is 18.8. The number of nitrogens with zero attached hydrogens (tertiary/aromatic N) is 2. The molecule has 1 fully saturated rings. The highest BCUT2D eigenvalue weighted by Gasteiger charge is 2.33. The Hall–Kier alpha value is -2.42. The van der Waals surface area contributed by atoms with Crippen molar-refractivity contribution in [3.63, 3.8) is 0 Å². The third kappa shape index (κ3) is 3.57. The molecule has 1 aliphatic heterocycles. The van der Waals surface area contributed by atoms with E-state index in [9.17, 15) is 14.9 Å². The molecule has 0 spiro atoms. The van der Waals surface area contributed by atoms with Gasteiger partial charge in [-0.05, 0) is 42.0 Å². The average molecular weight is 407 g/mol. The van der Waals surface area contributed by atoms with Crippen LogP contribution in [0.2, 0.25) is 5.02 Å². The Morgan fingerprint density at radius 3 is 2.58 bits per heavy atom. The lowest BCUT2D eigenvalue weighted by Crippen LogP contribution is -2.27.